The molecule has 0 unspecified atom stereocenters. The summed E-state index contributed by atoms with van der Waals surface area (Å²) in [7, 11) is -2.18. The first-order valence-corrected chi connectivity index (χ1v) is 12.5. The number of nitrogens with zero attached hydrogens (tertiary/aromatic N) is 3. The fourth-order valence-electron chi connectivity index (χ4n) is 3.80. The molecule has 5 N–H and O–H groups in total. The predicted octanol–water partition coefficient (Wildman–Crippen LogP) is 3.14. The maximum absolute atomic E-state index is 13.5. The van der Waals surface area contributed by atoms with Gasteiger partial charge in [-0.15, -0.1) is 0 Å². The number of imidazole rings is 1. The zero-order chi connectivity index (χ0) is 25.9. The number of para-hydroxylation sites is 1. The number of nitrogen functional groups attached to an aromatic ring is 1. The van der Waals surface area contributed by atoms with Crippen LogP contribution in [0.4, 0.5) is 11.4 Å². The Bertz CT molecular complexity index is 1520. The molecule has 0 atom stereocenters. The maximum atomic E-state index is 13.5. The minimum atomic E-state index is -4.03. The Morgan fingerprint density at radius 3 is 2.44 bits per heavy atom. The van der Waals surface area contributed by atoms with Crippen LogP contribution in [0.2, 0.25) is 0 Å². The number of hydrogen-bond acceptors (Lipinski definition) is 6. The number of aromatic nitrogens is 2. The summed E-state index contributed by atoms with van der Waals surface area (Å²) in [4.78, 5) is 15.8. The van der Waals surface area contributed by atoms with Crippen molar-refractivity contribution in [2.45, 2.75) is 17.9 Å². The van der Waals surface area contributed by atoms with Crippen LogP contribution in [0.25, 0.3) is 11.0 Å². The van der Waals surface area contributed by atoms with E-state index in [-0.39, 0.29) is 23.7 Å². The van der Waals surface area contributed by atoms with Gasteiger partial charge in [-0.2, -0.15) is 0 Å². The van der Waals surface area contributed by atoms with Gasteiger partial charge in [-0.3, -0.25) is 14.5 Å². The van der Waals surface area contributed by atoms with E-state index in [9.17, 15) is 13.2 Å². The first-order chi connectivity index (χ1) is 17.2. The molecule has 1 heterocycles. The molecule has 0 amide bonds. The van der Waals surface area contributed by atoms with Crippen molar-refractivity contribution in [2.24, 2.45) is 12.8 Å². The molecule has 0 bridgehead atoms. The third-order valence-electron chi connectivity index (χ3n) is 5.75. The van der Waals surface area contributed by atoms with Crippen molar-refractivity contribution < 1.29 is 18.3 Å². The van der Waals surface area contributed by atoms with Crippen LogP contribution < -0.4 is 15.4 Å². The van der Waals surface area contributed by atoms with Gasteiger partial charge in [-0.25, -0.2) is 13.4 Å². The molecule has 4 rings (SSSR count). The standard InChI is InChI=1S/C25H26N6O4S/c1-30-22-12-11-20(36(34,35)31(14-13-24(32)33)19-5-3-2-4-6-19)15-21(22)29-23(30)16-28-18-9-7-17(8-10-18)25(26)27/h2-12,15,28H,13-14,16H2,1H3,(H3,26,27)(H,32,33). The molecule has 3 aromatic carbocycles. The number of benzene rings is 3. The van der Waals surface area contributed by atoms with E-state index in [1.54, 1.807) is 48.5 Å². The Labute approximate surface area is 208 Å². The number of anilines is 2. The number of hydrogen-bond donors (Lipinski definition) is 4. The Morgan fingerprint density at radius 2 is 1.81 bits per heavy atom. The molecule has 0 spiro atoms. The maximum Gasteiger partial charge on any atom is 0.305 e. The molecule has 10 nitrogen and oxygen atoms in total. The highest BCUT2D eigenvalue weighted by Crippen LogP contribution is 2.27. The zero-order valence-corrected chi connectivity index (χ0v) is 20.4. The number of carboxylic acid groups (broad SMARTS) is 1. The third-order valence-corrected chi connectivity index (χ3v) is 7.58. The highest BCUT2D eigenvalue weighted by Gasteiger charge is 2.26. The highest BCUT2D eigenvalue weighted by atomic mass is 32.2. The fraction of sp³-hybridized carbons (Fsp3) is 0.160. The van der Waals surface area contributed by atoms with Crippen molar-refractivity contribution in [3.63, 3.8) is 0 Å². The first-order valence-electron chi connectivity index (χ1n) is 11.1. The Balaban J connectivity index is 1.61. The Morgan fingerprint density at radius 1 is 1.11 bits per heavy atom. The number of nitrogens with two attached hydrogens (primary N) is 1. The van der Waals surface area contributed by atoms with E-state index in [0.717, 1.165) is 15.5 Å². The largest absolute Gasteiger partial charge is 0.481 e. The van der Waals surface area contributed by atoms with Crippen LogP contribution in [0, 0.1) is 5.41 Å². The molecule has 186 valence electrons. The number of carbonyl (C=O) groups is 1. The molecule has 0 aliphatic heterocycles. The fourth-order valence-corrected chi connectivity index (χ4v) is 5.29. The molecule has 0 aliphatic carbocycles. The predicted molar refractivity (Wildman–Crippen MR) is 139 cm³/mol. The number of nitrogens with one attached hydrogen (secondary N) is 2. The van der Waals surface area contributed by atoms with Gasteiger partial charge >= 0.3 is 5.97 Å². The van der Waals surface area contributed by atoms with Crippen molar-refractivity contribution in [1.29, 1.82) is 5.41 Å². The molecular weight excluding hydrogens is 480 g/mol. The van der Waals surface area contributed by atoms with E-state index >= 15 is 0 Å². The van der Waals surface area contributed by atoms with Gasteiger partial charge in [0.15, 0.2) is 0 Å². The lowest BCUT2D eigenvalue weighted by molar-refractivity contribution is -0.136. The van der Waals surface area contributed by atoms with Crippen molar-refractivity contribution in [2.75, 3.05) is 16.2 Å². The molecule has 36 heavy (non-hydrogen) atoms. The number of aliphatic carboxylic acids is 1. The smallest absolute Gasteiger partial charge is 0.305 e. The molecule has 0 saturated carbocycles. The van der Waals surface area contributed by atoms with Crippen LogP contribution in [-0.2, 0) is 28.4 Å². The van der Waals surface area contributed by atoms with Crippen LogP contribution in [0.3, 0.4) is 0 Å². The molecule has 0 radical (unpaired) electrons. The topological polar surface area (TPSA) is 154 Å². The van der Waals surface area contributed by atoms with E-state index in [4.69, 9.17) is 16.2 Å². The second-order valence-corrected chi connectivity index (χ2v) is 10.0. The highest BCUT2D eigenvalue weighted by molar-refractivity contribution is 7.92. The van der Waals surface area contributed by atoms with Gasteiger partial charge in [-0.05, 0) is 54.6 Å². The Kier molecular flexibility index (Phi) is 6.93. The first kappa shape index (κ1) is 24.7. The van der Waals surface area contributed by atoms with Gasteiger partial charge in [0.2, 0.25) is 0 Å². The Hall–Kier alpha value is -4.38. The van der Waals surface area contributed by atoms with Gasteiger partial charge in [0, 0.05) is 24.8 Å². The van der Waals surface area contributed by atoms with Gasteiger partial charge in [-0.1, -0.05) is 18.2 Å². The minimum absolute atomic E-state index is 0.00329. The van der Waals surface area contributed by atoms with Crippen LogP contribution >= 0.6 is 0 Å². The van der Waals surface area contributed by atoms with E-state index in [2.05, 4.69) is 10.3 Å². The average Bonchev–Trinajstić information content (AvgIpc) is 3.18. The molecular formula is C25H26N6O4S. The van der Waals surface area contributed by atoms with Crippen molar-refractivity contribution in [3.05, 3.63) is 84.2 Å². The molecule has 4 aromatic rings. The number of rotatable bonds is 10. The third kappa shape index (κ3) is 5.15. The van der Waals surface area contributed by atoms with E-state index in [1.807, 2.05) is 23.7 Å². The lowest BCUT2D eigenvalue weighted by atomic mass is 10.2. The van der Waals surface area contributed by atoms with E-state index in [1.165, 1.54) is 12.1 Å². The van der Waals surface area contributed by atoms with Gasteiger partial charge in [0.1, 0.15) is 11.7 Å². The van der Waals surface area contributed by atoms with E-state index < -0.39 is 16.0 Å². The van der Waals surface area contributed by atoms with Crippen molar-refractivity contribution >= 4 is 44.2 Å². The molecule has 1 aromatic heterocycles. The number of fused-ring (bicyclic) bond motifs is 1. The van der Waals surface area contributed by atoms with Gasteiger partial charge in [0.25, 0.3) is 10.0 Å². The summed E-state index contributed by atoms with van der Waals surface area (Å²) in [5, 5.41) is 19.9. The van der Waals surface area contributed by atoms with Crippen molar-refractivity contribution in [1.82, 2.24) is 9.55 Å². The monoisotopic (exact) mass is 506 g/mol. The summed E-state index contributed by atoms with van der Waals surface area (Å²) in [5.74, 6) is -0.392. The summed E-state index contributed by atoms with van der Waals surface area (Å²) in [6.07, 6.45) is -0.330. The van der Waals surface area contributed by atoms with Crippen LogP contribution in [0.1, 0.15) is 17.8 Å². The lowest BCUT2D eigenvalue weighted by Crippen LogP contribution is -2.33. The van der Waals surface area contributed by atoms with Gasteiger partial charge < -0.3 is 20.7 Å². The normalized spacial score (nSPS) is 11.4. The van der Waals surface area contributed by atoms with E-state index in [0.29, 0.717) is 29.1 Å². The molecule has 11 heteroatoms. The van der Waals surface area contributed by atoms with Crippen LogP contribution in [0.5, 0.6) is 0 Å². The number of aryl methyl sites for hydroxylation is 1. The summed E-state index contributed by atoms with van der Waals surface area (Å²) in [6, 6.07) is 20.3. The second kappa shape index (κ2) is 10.1. The summed E-state index contributed by atoms with van der Waals surface area (Å²) < 4.78 is 30.0. The summed E-state index contributed by atoms with van der Waals surface area (Å²) in [6.45, 7) is 0.195. The molecule has 0 aliphatic rings. The quantitative estimate of drug-likeness (QED) is 0.190. The summed E-state index contributed by atoms with van der Waals surface area (Å²) in [5.41, 5.74) is 8.61. The van der Waals surface area contributed by atoms with Crippen molar-refractivity contribution in [3.8, 4) is 0 Å². The van der Waals surface area contributed by atoms with Gasteiger partial charge in [0.05, 0.1) is 34.6 Å². The molecule has 0 fully saturated rings. The minimum Gasteiger partial charge on any atom is -0.481 e. The number of sulfonamides is 1. The average molecular weight is 507 g/mol. The van der Waals surface area contributed by atoms with Crippen LogP contribution in [-0.4, -0.2) is 41.4 Å². The van der Waals surface area contributed by atoms with Crippen LogP contribution in [0.15, 0.2) is 77.7 Å². The lowest BCUT2D eigenvalue weighted by Gasteiger charge is -2.24. The number of carboxylic acids is 1. The second-order valence-electron chi connectivity index (χ2n) is 8.14. The number of amidine groups is 1. The molecule has 0 saturated heterocycles. The zero-order valence-electron chi connectivity index (χ0n) is 19.5. The SMILES string of the molecule is Cn1c(CNc2ccc(C(=N)N)cc2)nc2cc(S(=O)(=O)N(CCC(=O)O)c3ccccc3)ccc21. The summed E-state index contributed by atoms with van der Waals surface area (Å²) >= 11 is 0.